The van der Waals surface area contributed by atoms with Crippen molar-refractivity contribution in [2.75, 3.05) is 25.5 Å². The Labute approximate surface area is 100 Å². The summed E-state index contributed by atoms with van der Waals surface area (Å²) in [7, 11) is 1.67. The molecule has 1 aromatic rings. The molecule has 1 aromatic heterocycles. The third kappa shape index (κ3) is 2.94. The van der Waals surface area contributed by atoms with Crippen LogP contribution < -0.4 is 5.32 Å². The molecule has 0 unspecified atom stereocenters. The third-order valence-corrected chi connectivity index (χ3v) is 2.74. The molecule has 5 heteroatoms. The smallest absolute Gasteiger partial charge is 0.257 e. The first-order chi connectivity index (χ1) is 8.22. The normalized spacial score (nSPS) is 14.5. The maximum atomic E-state index is 12.1. The van der Waals surface area contributed by atoms with E-state index in [4.69, 9.17) is 5.11 Å². The molecule has 1 aliphatic rings. The number of amides is 1. The van der Waals surface area contributed by atoms with Gasteiger partial charge in [0, 0.05) is 25.8 Å². The number of carbonyl (C=O) groups is 1. The Hall–Kier alpha value is -1.62. The molecule has 17 heavy (non-hydrogen) atoms. The zero-order valence-corrected chi connectivity index (χ0v) is 9.89. The summed E-state index contributed by atoms with van der Waals surface area (Å²) in [5.41, 5.74) is 0.565. The van der Waals surface area contributed by atoms with Crippen LogP contribution in [0.25, 0.3) is 0 Å². The van der Waals surface area contributed by atoms with Gasteiger partial charge in [-0.3, -0.25) is 4.79 Å². The first-order valence-corrected chi connectivity index (χ1v) is 5.80. The molecule has 1 heterocycles. The van der Waals surface area contributed by atoms with Gasteiger partial charge in [-0.05, 0) is 25.0 Å². The van der Waals surface area contributed by atoms with E-state index in [1.165, 1.54) is 4.90 Å². The quantitative estimate of drug-likeness (QED) is 0.789. The molecular formula is C12H17N3O2. The second kappa shape index (κ2) is 5.14. The van der Waals surface area contributed by atoms with E-state index in [0.717, 1.165) is 12.8 Å². The molecule has 1 aliphatic carbocycles. The number of anilines is 1. The predicted octanol–water partition coefficient (Wildman–Crippen LogP) is 0.720. The largest absolute Gasteiger partial charge is 0.395 e. The van der Waals surface area contributed by atoms with Crippen molar-refractivity contribution in [3.63, 3.8) is 0 Å². The summed E-state index contributed by atoms with van der Waals surface area (Å²) in [5.74, 6) is 0.528. The van der Waals surface area contributed by atoms with Gasteiger partial charge in [0.1, 0.15) is 5.82 Å². The summed E-state index contributed by atoms with van der Waals surface area (Å²) in [5, 5.41) is 12.1. The fourth-order valence-electron chi connectivity index (χ4n) is 1.57. The van der Waals surface area contributed by atoms with Crippen molar-refractivity contribution in [1.82, 2.24) is 9.88 Å². The van der Waals surface area contributed by atoms with E-state index >= 15 is 0 Å². The molecule has 1 saturated carbocycles. The number of hydrogen-bond acceptors (Lipinski definition) is 4. The molecule has 0 bridgehead atoms. The maximum absolute atomic E-state index is 12.1. The number of likely N-dealkylation sites (N-methyl/N-ethyl adjacent to an activating group) is 1. The zero-order chi connectivity index (χ0) is 12.3. The Balaban J connectivity index is 2.14. The van der Waals surface area contributed by atoms with Crippen LogP contribution in [0.15, 0.2) is 18.3 Å². The van der Waals surface area contributed by atoms with Crippen LogP contribution >= 0.6 is 0 Å². The lowest BCUT2D eigenvalue weighted by Gasteiger charge is -2.17. The predicted molar refractivity (Wildman–Crippen MR) is 64.9 cm³/mol. The molecule has 0 radical (unpaired) electrons. The van der Waals surface area contributed by atoms with Gasteiger partial charge in [0.05, 0.1) is 12.2 Å². The Morgan fingerprint density at radius 2 is 2.41 bits per heavy atom. The summed E-state index contributed by atoms with van der Waals surface area (Å²) in [6.07, 6.45) is 3.95. The fourth-order valence-corrected chi connectivity index (χ4v) is 1.57. The van der Waals surface area contributed by atoms with Gasteiger partial charge >= 0.3 is 0 Å². The topological polar surface area (TPSA) is 65.5 Å². The molecule has 0 spiro atoms. The van der Waals surface area contributed by atoms with E-state index in [0.29, 0.717) is 24.0 Å². The summed E-state index contributed by atoms with van der Waals surface area (Å²) in [4.78, 5) is 17.8. The fraction of sp³-hybridized carbons (Fsp3) is 0.500. The van der Waals surface area contributed by atoms with Gasteiger partial charge in [-0.1, -0.05) is 0 Å². The number of rotatable bonds is 5. The van der Waals surface area contributed by atoms with Crippen molar-refractivity contribution < 1.29 is 9.90 Å². The number of carbonyl (C=O) groups excluding carboxylic acids is 1. The highest BCUT2D eigenvalue weighted by molar-refractivity contribution is 5.98. The minimum atomic E-state index is -0.115. The second-order valence-electron chi connectivity index (χ2n) is 4.27. The number of nitrogens with one attached hydrogen (secondary N) is 1. The molecule has 0 saturated heterocycles. The van der Waals surface area contributed by atoms with E-state index in [2.05, 4.69) is 10.3 Å². The number of nitrogens with zero attached hydrogens (tertiary/aromatic N) is 2. The van der Waals surface area contributed by atoms with Crippen molar-refractivity contribution in [2.45, 2.75) is 18.9 Å². The van der Waals surface area contributed by atoms with Crippen LogP contribution in [0, 0.1) is 0 Å². The average Bonchev–Trinajstić information content (AvgIpc) is 3.13. The van der Waals surface area contributed by atoms with Crippen molar-refractivity contribution in [3.05, 3.63) is 23.9 Å². The van der Waals surface area contributed by atoms with Crippen molar-refractivity contribution in [1.29, 1.82) is 0 Å². The number of aliphatic hydroxyl groups is 1. The zero-order valence-electron chi connectivity index (χ0n) is 9.89. The Bertz CT molecular complexity index is 404. The van der Waals surface area contributed by atoms with Crippen molar-refractivity contribution in [2.24, 2.45) is 0 Å². The standard InChI is InChI=1S/C12H17N3O2/c1-15(7-8-16)12(17)10-3-2-6-13-11(10)14-9-4-5-9/h2-3,6,9,16H,4-5,7-8H2,1H3,(H,13,14). The van der Waals surface area contributed by atoms with Gasteiger partial charge in [-0.25, -0.2) is 4.98 Å². The highest BCUT2D eigenvalue weighted by Gasteiger charge is 2.24. The molecule has 1 amide bonds. The lowest BCUT2D eigenvalue weighted by Crippen LogP contribution is -2.30. The third-order valence-electron chi connectivity index (χ3n) is 2.74. The highest BCUT2D eigenvalue weighted by Crippen LogP contribution is 2.25. The maximum Gasteiger partial charge on any atom is 0.257 e. The van der Waals surface area contributed by atoms with Crippen LogP contribution in [0.1, 0.15) is 23.2 Å². The molecule has 0 aromatic carbocycles. The molecule has 0 atom stereocenters. The molecule has 2 rings (SSSR count). The lowest BCUT2D eigenvalue weighted by molar-refractivity contribution is 0.0767. The second-order valence-corrected chi connectivity index (χ2v) is 4.27. The molecule has 0 aliphatic heterocycles. The summed E-state index contributed by atoms with van der Waals surface area (Å²) < 4.78 is 0. The van der Waals surface area contributed by atoms with E-state index in [1.54, 1.807) is 25.4 Å². The van der Waals surface area contributed by atoms with E-state index in [-0.39, 0.29) is 12.5 Å². The first kappa shape index (κ1) is 11.9. The van der Waals surface area contributed by atoms with E-state index < -0.39 is 0 Å². The molecule has 92 valence electrons. The summed E-state index contributed by atoms with van der Waals surface area (Å²) >= 11 is 0. The highest BCUT2D eigenvalue weighted by atomic mass is 16.3. The van der Waals surface area contributed by atoms with Crippen LogP contribution in [0.4, 0.5) is 5.82 Å². The average molecular weight is 235 g/mol. The molecule has 5 nitrogen and oxygen atoms in total. The van der Waals surface area contributed by atoms with Gasteiger partial charge in [0.25, 0.3) is 5.91 Å². The minimum absolute atomic E-state index is 0.0338. The van der Waals surface area contributed by atoms with Crippen LogP contribution in [0.5, 0.6) is 0 Å². The summed E-state index contributed by atoms with van der Waals surface area (Å²) in [6.45, 7) is 0.296. The first-order valence-electron chi connectivity index (χ1n) is 5.80. The number of aromatic nitrogens is 1. The van der Waals surface area contributed by atoms with Crippen molar-refractivity contribution in [3.8, 4) is 0 Å². The van der Waals surface area contributed by atoms with Gasteiger partial charge in [-0.2, -0.15) is 0 Å². The van der Waals surface area contributed by atoms with Gasteiger partial charge in [0.15, 0.2) is 0 Å². The minimum Gasteiger partial charge on any atom is -0.395 e. The number of aliphatic hydroxyl groups excluding tert-OH is 1. The number of pyridine rings is 1. The van der Waals surface area contributed by atoms with Crippen LogP contribution in [-0.2, 0) is 0 Å². The van der Waals surface area contributed by atoms with E-state index in [1.807, 2.05) is 0 Å². The van der Waals surface area contributed by atoms with Crippen LogP contribution in [0.3, 0.4) is 0 Å². The van der Waals surface area contributed by atoms with Crippen LogP contribution in [-0.4, -0.2) is 47.1 Å². The van der Waals surface area contributed by atoms with Gasteiger partial charge in [-0.15, -0.1) is 0 Å². The number of hydrogen-bond donors (Lipinski definition) is 2. The Kier molecular flexibility index (Phi) is 3.58. The van der Waals surface area contributed by atoms with Gasteiger partial charge in [0.2, 0.25) is 0 Å². The molecule has 2 N–H and O–H groups in total. The van der Waals surface area contributed by atoms with Crippen molar-refractivity contribution >= 4 is 11.7 Å². The molecular weight excluding hydrogens is 218 g/mol. The Morgan fingerprint density at radius 3 is 3.06 bits per heavy atom. The lowest BCUT2D eigenvalue weighted by atomic mass is 10.2. The van der Waals surface area contributed by atoms with Crippen LogP contribution in [0.2, 0.25) is 0 Å². The molecule has 1 fully saturated rings. The SMILES string of the molecule is CN(CCO)C(=O)c1cccnc1NC1CC1. The van der Waals surface area contributed by atoms with Gasteiger partial charge < -0.3 is 15.3 Å². The Morgan fingerprint density at radius 1 is 1.65 bits per heavy atom. The van der Waals surface area contributed by atoms with E-state index in [9.17, 15) is 4.79 Å². The summed E-state index contributed by atoms with van der Waals surface area (Å²) in [6, 6.07) is 3.96. The monoisotopic (exact) mass is 235 g/mol.